The zero-order chi connectivity index (χ0) is 9.86. The monoisotopic (exact) mass is 196 g/mol. The standard InChI is InChI=1S/C12H20O2/c13-10-4-5-11-6-9-12(14-11)7-2-1-3-8-12/h10-11H,1-9H2. The van der Waals surface area contributed by atoms with E-state index in [1.165, 1.54) is 44.9 Å². The van der Waals surface area contributed by atoms with Gasteiger partial charge >= 0.3 is 0 Å². The van der Waals surface area contributed by atoms with Gasteiger partial charge in [0.25, 0.3) is 0 Å². The van der Waals surface area contributed by atoms with Crippen molar-refractivity contribution in [2.45, 2.75) is 69.5 Å². The highest BCUT2D eigenvalue weighted by Gasteiger charge is 2.40. The zero-order valence-corrected chi connectivity index (χ0v) is 8.84. The molecule has 0 amide bonds. The van der Waals surface area contributed by atoms with Crippen molar-refractivity contribution in [1.82, 2.24) is 0 Å². The number of hydrogen-bond donors (Lipinski definition) is 0. The van der Waals surface area contributed by atoms with Crippen molar-refractivity contribution in [3.8, 4) is 0 Å². The number of aldehydes is 1. The Balaban J connectivity index is 1.82. The van der Waals surface area contributed by atoms with Gasteiger partial charge < -0.3 is 9.53 Å². The summed E-state index contributed by atoms with van der Waals surface area (Å²) in [5.41, 5.74) is 0.228. The molecule has 1 saturated carbocycles. The second kappa shape index (κ2) is 4.43. The molecule has 1 unspecified atom stereocenters. The summed E-state index contributed by atoms with van der Waals surface area (Å²) >= 11 is 0. The lowest BCUT2D eigenvalue weighted by Gasteiger charge is -2.33. The number of ether oxygens (including phenoxy) is 1. The van der Waals surface area contributed by atoms with Gasteiger partial charge in [0.1, 0.15) is 6.29 Å². The summed E-state index contributed by atoms with van der Waals surface area (Å²) in [6.45, 7) is 0. The Bertz CT molecular complexity index is 194. The molecule has 1 aliphatic carbocycles. The van der Waals surface area contributed by atoms with Gasteiger partial charge in [-0.05, 0) is 32.1 Å². The van der Waals surface area contributed by atoms with Crippen LogP contribution >= 0.6 is 0 Å². The van der Waals surface area contributed by atoms with Crippen molar-refractivity contribution >= 4 is 6.29 Å². The maximum absolute atomic E-state index is 10.3. The van der Waals surface area contributed by atoms with E-state index in [9.17, 15) is 4.79 Å². The Morgan fingerprint density at radius 1 is 1.21 bits per heavy atom. The Morgan fingerprint density at radius 2 is 2.00 bits per heavy atom. The molecule has 2 fully saturated rings. The van der Waals surface area contributed by atoms with E-state index in [-0.39, 0.29) is 5.60 Å². The van der Waals surface area contributed by atoms with Crippen molar-refractivity contribution < 1.29 is 9.53 Å². The molecule has 1 atom stereocenters. The fraction of sp³-hybridized carbons (Fsp3) is 0.917. The normalized spacial score (nSPS) is 30.7. The molecule has 1 spiro atoms. The first kappa shape index (κ1) is 10.2. The first-order valence-electron chi connectivity index (χ1n) is 5.96. The maximum atomic E-state index is 10.3. The van der Waals surface area contributed by atoms with Crippen LogP contribution in [-0.4, -0.2) is 18.0 Å². The highest BCUT2D eigenvalue weighted by molar-refractivity contribution is 5.49. The number of carbonyl (C=O) groups is 1. The fourth-order valence-corrected chi connectivity index (χ4v) is 2.92. The van der Waals surface area contributed by atoms with Gasteiger partial charge in [-0.15, -0.1) is 0 Å². The number of hydrogen-bond acceptors (Lipinski definition) is 2. The number of carbonyl (C=O) groups excluding carboxylic acids is 1. The third kappa shape index (κ3) is 2.17. The van der Waals surface area contributed by atoms with E-state index in [2.05, 4.69) is 0 Å². The van der Waals surface area contributed by atoms with Crippen molar-refractivity contribution in [2.24, 2.45) is 0 Å². The lowest BCUT2D eigenvalue weighted by atomic mass is 9.83. The zero-order valence-electron chi connectivity index (χ0n) is 8.84. The molecule has 0 N–H and O–H groups in total. The Labute approximate surface area is 86.0 Å². The van der Waals surface area contributed by atoms with Gasteiger partial charge in [0, 0.05) is 6.42 Å². The van der Waals surface area contributed by atoms with E-state index in [1.807, 2.05) is 0 Å². The van der Waals surface area contributed by atoms with Gasteiger partial charge in [0.05, 0.1) is 11.7 Å². The highest BCUT2D eigenvalue weighted by Crippen LogP contribution is 2.42. The lowest BCUT2D eigenvalue weighted by molar-refractivity contribution is -0.109. The van der Waals surface area contributed by atoms with Crippen LogP contribution in [-0.2, 0) is 9.53 Å². The fourth-order valence-electron chi connectivity index (χ4n) is 2.92. The van der Waals surface area contributed by atoms with Crippen LogP contribution in [0.2, 0.25) is 0 Å². The third-order valence-corrected chi connectivity index (χ3v) is 3.71. The smallest absolute Gasteiger partial charge is 0.120 e. The van der Waals surface area contributed by atoms with Crippen LogP contribution < -0.4 is 0 Å². The topological polar surface area (TPSA) is 26.3 Å². The van der Waals surface area contributed by atoms with Crippen molar-refractivity contribution in [3.63, 3.8) is 0 Å². The minimum atomic E-state index is 0.228. The molecular weight excluding hydrogens is 176 g/mol. The van der Waals surface area contributed by atoms with Gasteiger partial charge in [0.15, 0.2) is 0 Å². The molecule has 2 aliphatic rings. The van der Waals surface area contributed by atoms with Gasteiger partial charge in [-0.1, -0.05) is 19.3 Å². The highest BCUT2D eigenvalue weighted by atomic mass is 16.5. The van der Waals surface area contributed by atoms with E-state index in [4.69, 9.17) is 4.74 Å². The van der Waals surface area contributed by atoms with Crippen molar-refractivity contribution in [1.29, 1.82) is 0 Å². The molecule has 0 aromatic heterocycles. The van der Waals surface area contributed by atoms with Crippen LogP contribution in [0.4, 0.5) is 0 Å². The van der Waals surface area contributed by atoms with Gasteiger partial charge in [-0.2, -0.15) is 0 Å². The summed E-state index contributed by atoms with van der Waals surface area (Å²) < 4.78 is 6.13. The van der Waals surface area contributed by atoms with Gasteiger partial charge in [-0.3, -0.25) is 0 Å². The summed E-state index contributed by atoms with van der Waals surface area (Å²) in [5, 5.41) is 0. The van der Waals surface area contributed by atoms with Gasteiger partial charge in [-0.25, -0.2) is 0 Å². The molecule has 2 rings (SSSR count). The van der Waals surface area contributed by atoms with Crippen molar-refractivity contribution in [3.05, 3.63) is 0 Å². The minimum absolute atomic E-state index is 0.228. The Hall–Kier alpha value is -0.370. The van der Waals surface area contributed by atoms with Crippen LogP contribution in [0, 0.1) is 0 Å². The molecule has 14 heavy (non-hydrogen) atoms. The Morgan fingerprint density at radius 3 is 2.71 bits per heavy atom. The van der Waals surface area contributed by atoms with Gasteiger partial charge in [0.2, 0.25) is 0 Å². The molecule has 2 nitrogen and oxygen atoms in total. The second-order valence-corrected chi connectivity index (χ2v) is 4.77. The van der Waals surface area contributed by atoms with Crippen LogP contribution in [0.1, 0.15) is 57.8 Å². The molecule has 1 aliphatic heterocycles. The maximum Gasteiger partial charge on any atom is 0.120 e. The van der Waals surface area contributed by atoms with Crippen LogP contribution in [0.15, 0.2) is 0 Å². The molecule has 80 valence electrons. The van der Waals surface area contributed by atoms with E-state index in [0.717, 1.165) is 12.7 Å². The second-order valence-electron chi connectivity index (χ2n) is 4.77. The summed E-state index contributed by atoms with van der Waals surface area (Å²) in [4.78, 5) is 10.3. The van der Waals surface area contributed by atoms with E-state index < -0.39 is 0 Å². The molecule has 1 saturated heterocycles. The quantitative estimate of drug-likeness (QED) is 0.649. The minimum Gasteiger partial charge on any atom is -0.372 e. The summed E-state index contributed by atoms with van der Waals surface area (Å²) in [6, 6.07) is 0. The molecule has 0 aromatic carbocycles. The SMILES string of the molecule is O=CCCC1CCC2(CCCCC2)O1. The molecule has 0 radical (unpaired) electrons. The predicted octanol–water partition coefficient (Wildman–Crippen LogP) is 2.85. The average molecular weight is 196 g/mol. The summed E-state index contributed by atoms with van der Waals surface area (Å²) in [5.74, 6) is 0. The first-order valence-corrected chi connectivity index (χ1v) is 5.96. The summed E-state index contributed by atoms with van der Waals surface area (Å²) in [7, 11) is 0. The third-order valence-electron chi connectivity index (χ3n) is 3.71. The number of rotatable bonds is 3. The predicted molar refractivity (Wildman–Crippen MR) is 55.2 cm³/mol. The Kier molecular flexibility index (Phi) is 3.22. The van der Waals surface area contributed by atoms with Crippen molar-refractivity contribution in [2.75, 3.05) is 0 Å². The van der Waals surface area contributed by atoms with E-state index in [0.29, 0.717) is 12.5 Å². The average Bonchev–Trinajstić information content (AvgIpc) is 2.60. The molecular formula is C12H20O2. The summed E-state index contributed by atoms with van der Waals surface area (Å²) in [6.07, 6.45) is 11.9. The molecule has 2 heteroatoms. The van der Waals surface area contributed by atoms with Crippen LogP contribution in [0.5, 0.6) is 0 Å². The first-order chi connectivity index (χ1) is 6.85. The molecule has 0 aromatic rings. The molecule has 0 bridgehead atoms. The van der Waals surface area contributed by atoms with E-state index in [1.54, 1.807) is 0 Å². The largest absolute Gasteiger partial charge is 0.372 e. The molecule has 1 heterocycles. The lowest BCUT2D eigenvalue weighted by Crippen LogP contribution is -2.31. The van der Waals surface area contributed by atoms with Crippen LogP contribution in [0.3, 0.4) is 0 Å². The van der Waals surface area contributed by atoms with Crippen LogP contribution in [0.25, 0.3) is 0 Å². The van der Waals surface area contributed by atoms with E-state index >= 15 is 0 Å².